The molecule has 3 nitrogen and oxygen atoms in total. The number of rotatable bonds is 1. The molecule has 3 rings (SSSR count). The summed E-state index contributed by atoms with van der Waals surface area (Å²) in [5, 5.41) is 10.7. The van der Waals surface area contributed by atoms with Crippen molar-refractivity contribution in [3.8, 4) is 0 Å². The van der Waals surface area contributed by atoms with Crippen LogP contribution in [-0.4, -0.2) is 34.6 Å². The van der Waals surface area contributed by atoms with Crippen LogP contribution in [0.3, 0.4) is 0 Å². The molecule has 1 heterocycles. The van der Waals surface area contributed by atoms with Gasteiger partial charge in [-0.1, -0.05) is 25.0 Å². The van der Waals surface area contributed by atoms with Crippen LogP contribution >= 0.6 is 12.6 Å². The number of hydrogen-bond acceptors (Lipinski definition) is 3. The van der Waals surface area contributed by atoms with E-state index in [9.17, 15) is 9.90 Å². The third-order valence-electron chi connectivity index (χ3n) is 4.85. The molecule has 20 heavy (non-hydrogen) atoms. The van der Waals surface area contributed by atoms with E-state index in [1.807, 2.05) is 29.2 Å². The van der Waals surface area contributed by atoms with Crippen LogP contribution in [0.5, 0.6) is 0 Å². The standard InChI is InChI=1S/C16H21NO2S/c18-15(13-6-1-2-7-14(13)20)17-10-9-16(19)8-4-3-5-12(16)11-17/h1-2,6-7,12,19-20H,3-5,8-11H2. The first-order chi connectivity index (χ1) is 9.60. The maximum Gasteiger partial charge on any atom is 0.254 e. The van der Waals surface area contributed by atoms with Gasteiger partial charge in [-0.15, -0.1) is 12.6 Å². The van der Waals surface area contributed by atoms with E-state index in [0.29, 0.717) is 25.1 Å². The number of thiol groups is 1. The Balaban J connectivity index is 1.76. The fourth-order valence-electron chi connectivity index (χ4n) is 3.58. The molecule has 0 radical (unpaired) electrons. The van der Waals surface area contributed by atoms with Gasteiger partial charge in [-0.2, -0.15) is 0 Å². The summed E-state index contributed by atoms with van der Waals surface area (Å²) in [6, 6.07) is 7.42. The second-order valence-corrected chi connectivity index (χ2v) is 6.55. The van der Waals surface area contributed by atoms with E-state index in [1.165, 1.54) is 0 Å². The highest BCUT2D eigenvalue weighted by atomic mass is 32.1. The van der Waals surface area contributed by atoms with E-state index in [2.05, 4.69) is 12.6 Å². The van der Waals surface area contributed by atoms with Gasteiger partial charge in [0, 0.05) is 23.9 Å². The van der Waals surface area contributed by atoms with Crippen molar-refractivity contribution < 1.29 is 9.90 Å². The third-order valence-corrected chi connectivity index (χ3v) is 5.24. The Bertz CT molecular complexity index is 519. The lowest BCUT2D eigenvalue weighted by molar-refractivity contribution is -0.0886. The molecule has 1 aliphatic carbocycles. The summed E-state index contributed by atoms with van der Waals surface area (Å²) in [5.41, 5.74) is 0.132. The van der Waals surface area contributed by atoms with Crippen molar-refractivity contribution >= 4 is 18.5 Å². The Morgan fingerprint density at radius 1 is 1.30 bits per heavy atom. The van der Waals surface area contributed by atoms with E-state index in [0.717, 1.165) is 30.6 Å². The highest BCUT2D eigenvalue weighted by Crippen LogP contribution is 2.40. The van der Waals surface area contributed by atoms with Gasteiger partial charge < -0.3 is 10.0 Å². The fraction of sp³-hybridized carbons (Fsp3) is 0.562. The van der Waals surface area contributed by atoms with Crippen LogP contribution in [0.15, 0.2) is 29.2 Å². The SMILES string of the molecule is O=C(c1ccccc1S)N1CCC2(O)CCCCC2C1. The van der Waals surface area contributed by atoms with Crippen molar-refractivity contribution in [3.05, 3.63) is 29.8 Å². The van der Waals surface area contributed by atoms with Crippen LogP contribution in [0.25, 0.3) is 0 Å². The molecule has 1 aromatic carbocycles. The number of carbonyl (C=O) groups excluding carboxylic acids is 1. The fourth-order valence-corrected chi connectivity index (χ4v) is 3.84. The molecule has 4 heteroatoms. The van der Waals surface area contributed by atoms with Gasteiger partial charge in [-0.05, 0) is 31.4 Å². The normalized spacial score (nSPS) is 29.9. The predicted octanol–water partition coefficient (Wildman–Crippen LogP) is 2.74. The highest BCUT2D eigenvalue weighted by molar-refractivity contribution is 7.80. The number of amides is 1. The van der Waals surface area contributed by atoms with Crippen LogP contribution in [0.4, 0.5) is 0 Å². The lowest BCUT2D eigenvalue weighted by Crippen LogP contribution is -2.54. The molecule has 108 valence electrons. The number of aliphatic hydroxyl groups is 1. The molecule has 0 bridgehead atoms. The van der Waals surface area contributed by atoms with Crippen LogP contribution < -0.4 is 0 Å². The molecule has 2 unspecified atom stereocenters. The largest absolute Gasteiger partial charge is 0.389 e. The minimum absolute atomic E-state index is 0.0447. The van der Waals surface area contributed by atoms with E-state index in [-0.39, 0.29) is 11.8 Å². The van der Waals surface area contributed by atoms with Crippen molar-refractivity contribution in [1.29, 1.82) is 0 Å². The molecular formula is C16H21NO2S. The van der Waals surface area contributed by atoms with Gasteiger partial charge in [-0.3, -0.25) is 4.79 Å². The van der Waals surface area contributed by atoms with Gasteiger partial charge in [0.1, 0.15) is 0 Å². The van der Waals surface area contributed by atoms with Crippen molar-refractivity contribution in [2.75, 3.05) is 13.1 Å². The molecular weight excluding hydrogens is 270 g/mol. The Kier molecular flexibility index (Phi) is 3.78. The second-order valence-electron chi connectivity index (χ2n) is 6.06. The summed E-state index contributed by atoms with van der Waals surface area (Å²) in [5.74, 6) is 0.282. The number of piperidine rings is 1. The first-order valence-electron chi connectivity index (χ1n) is 7.40. The minimum atomic E-state index is -0.532. The molecule has 2 aliphatic rings. The van der Waals surface area contributed by atoms with Gasteiger partial charge in [0.15, 0.2) is 0 Å². The highest BCUT2D eigenvalue weighted by Gasteiger charge is 2.43. The maximum atomic E-state index is 12.6. The molecule has 2 fully saturated rings. The zero-order valence-electron chi connectivity index (χ0n) is 11.6. The van der Waals surface area contributed by atoms with E-state index in [4.69, 9.17) is 0 Å². The van der Waals surface area contributed by atoms with Gasteiger partial charge in [0.2, 0.25) is 0 Å². The van der Waals surface area contributed by atoms with E-state index in [1.54, 1.807) is 0 Å². The minimum Gasteiger partial charge on any atom is -0.389 e. The number of carbonyl (C=O) groups is 1. The lowest BCUT2D eigenvalue weighted by atomic mass is 9.71. The van der Waals surface area contributed by atoms with Gasteiger partial charge in [-0.25, -0.2) is 0 Å². The summed E-state index contributed by atoms with van der Waals surface area (Å²) in [6.07, 6.45) is 4.91. The molecule has 1 saturated heterocycles. The Morgan fingerprint density at radius 3 is 2.90 bits per heavy atom. The smallest absolute Gasteiger partial charge is 0.254 e. The van der Waals surface area contributed by atoms with Crippen LogP contribution in [0.1, 0.15) is 42.5 Å². The molecule has 1 aliphatic heterocycles. The zero-order valence-corrected chi connectivity index (χ0v) is 12.5. The predicted molar refractivity (Wildman–Crippen MR) is 81.1 cm³/mol. The Labute approximate surface area is 125 Å². The van der Waals surface area contributed by atoms with Crippen molar-refractivity contribution in [2.24, 2.45) is 5.92 Å². The number of fused-ring (bicyclic) bond motifs is 1. The zero-order chi connectivity index (χ0) is 14.2. The summed E-state index contributed by atoms with van der Waals surface area (Å²) in [6.45, 7) is 1.32. The summed E-state index contributed by atoms with van der Waals surface area (Å²) >= 11 is 4.37. The van der Waals surface area contributed by atoms with Crippen LogP contribution in [-0.2, 0) is 0 Å². The quantitative estimate of drug-likeness (QED) is 0.781. The first kappa shape index (κ1) is 14.0. The number of hydrogen-bond donors (Lipinski definition) is 2. The van der Waals surface area contributed by atoms with E-state index >= 15 is 0 Å². The van der Waals surface area contributed by atoms with Crippen molar-refractivity contribution in [3.63, 3.8) is 0 Å². The number of nitrogens with zero attached hydrogens (tertiary/aromatic N) is 1. The third kappa shape index (κ3) is 2.47. The molecule has 1 amide bonds. The molecule has 0 aromatic heterocycles. The average Bonchev–Trinajstić information content (AvgIpc) is 2.46. The van der Waals surface area contributed by atoms with Crippen molar-refractivity contribution in [2.45, 2.75) is 42.6 Å². The summed E-state index contributed by atoms with van der Waals surface area (Å²) in [7, 11) is 0. The molecule has 1 aromatic rings. The van der Waals surface area contributed by atoms with Crippen LogP contribution in [0.2, 0.25) is 0 Å². The first-order valence-corrected chi connectivity index (χ1v) is 7.84. The van der Waals surface area contributed by atoms with Crippen molar-refractivity contribution in [1.82, 2.24) is 4.90 Å². The molecule has 0 spiro atoms. The van der Waals surface area contributed by atoms with Gasteiger partial charge in [0.05, 0.1) is 11.2 Å². The van der Waals surface area contributed by atoms with Gasteiger partial charge in [0.25, 0.3) is 5.91 Å². The van der Waals surface area contributed by atoms with Gasteiger partial charge >= 0.3 is 0 Å². The number of likely N-dealkylation sites (tertiary alicyclic amines) is 1. The average molecular weight is 291 g/mol. The van der Waals surface area contributed by atoms with Crippen LogP contribution in [0, 0.1) is 5.92 Å². The molecule has 2 atom stereocenters. The van der Waals surface area contributed by atoms with E-state index < -0.39 is 5.60 Å². The molecule has 1 saturated carbocycles. The summed E-state index contributed by atoms with van der Waals surface area (Å²) < 4.78 is 0. The second kappa shape index (κ2) is 5.41. The molecule has 1 N–H and O–H groups in total. The Hall–Kier alpha value is -1.00. The lowest BCUT2D eigenvalue weighted by Gasteiger charge is -2.47. The Morgan fingerprint density at radius 2 is 2.10 bits per heavy atom. The topological polar surface area (TPSA) is 40.5 Å². The monoisotopic (exact) mass is 291 g/mol. The summed E-state index contributed by atoms with van der Waals surface area (Å²) in [4.78, 5) is 15.2. The number of benzene rings is 1. The maximum absolute atomic E-state index is 12.6.